The number of amides is 1. The third-order valence-electron chi connectivity index (χ3n) is 4.60. The summed E-state index contributed by atoms with van der Waals surface area (Å²) in [4.78, 5) is 34.3. The highest BCUT2D eigenvalue weighted by molar-refractivity contribution is 7.23. The molecule has 0 saturated heterocycles. The Morgan fingerprint density at radius 1 is 1.22 bits per heavy atom. The van der Waals surface area contributed by atoms with Crippen molar-refractivity contribution in [3.8, 4) is 5.75 Å². The smallest absolute Gasteiger partial charge is 0.270 e. The predicted octanol–water partition coefficient (Wildman–Crippen LogP) is 5.76. The van der Waals surface area contributed by atoms with Gasteiger partial charge in [0.25, 0.3) is 11.6 Å². The molecule has 0 N–H and O–H groups in total. The molecule has 0 atom stereocenters. The van der Waals surface area contributed by atoms with Crippen LogP contribution in [0.3, 0.4) is 0 Å². The number of benzene rings is 2. The lowest BCUT2D eigenvalue weighted by molar-refractivity contribution is -0.384. The number of ether oxygens (including phenoxy) is 1. The van der Waals surface area contributed by atoms with E-state index in [4.69, 9.17) is 27.9 Å². The highest BCUT2D eigenvalue weighted by Crippen LogP contribution is 2.39. The van der Waals surface area contributed by atoms with Crippen molar-refractivity contribution < 1.29 is 14.5 Å². The van der Waals surface area contributed by atoms with Crippen LogP contribution < -0.4 is 9.64 Å². The Bertz CT molecular complexity index is 1330. The van der Waals surface area contributed by atoms with Crippen molar-refractivity contribution in [3.05, 3.63) is 86.1 Å². The number of anilines is 1. The van der Waals surface area contributed by atoms with E-state index in [1.165, 1.54) is 35.5 Å². The standard InChI is InChI=1S/C21H14Cl2N4O4S/c1-31-17-7-6-16(23)19-18(17)25-21(32-19)26(11-12-3-2-8-24-10-12)20(28)14-9-13(27(29)30)4-5-15(14)22/h2-10H,11H2,1H3. The van der Waals surface area contributed by atoms with E-state index in [9.17, 15) is 14.9 Å². The van der Waals surface area contributed by atoms with E-state index in [0.717, 1.165) is 11.6 Å². The van der Waals surface area contributed by atoms with Crippen molar-refractivity contribution in [3.63, 3.8) is 0 Å². The van der Waals surface area contributed by atoms with Gasteiger partial charge in [-0.25, -0.2) is 4.98 Å². The summed E-state index contributed by atoms with van der Waals surface area (Å²) in [6.45, 7) is 0.117. The second-order valence-electron chi connectivity index (χ2n) is 6.60. The van der Waals surface area contributed by atoms with E-state index < -0.39 is 10.8 Å². The van der Waals surface area contributed by atoms with Gasteiger partial charge in [-0.2, -0.15) is 0 Å². The van der Waals surface area contributed by atoms with Gasteiger partial charge in [-0.05, 0) is 29.8 Å². The molecule has 0 saturated carbocycles. The summed E-state index contributed by atoms with van der Waals surface area (Å²) in [5.41, 5.74) is 0.990. The Morgan fingerprint density at radius 2 is 2.00 bits per heavy atom. The van der Waals surface area contributed by atoms with Crippen LogP contribution in [-0.4, -0.2) is 27.9 Å². The average Bonchev–Trinajstić information content (AvgIpc) is 3.24. The van der Waals surface area contributed by atoms with E-state index in [0.29, 0.717) is 26.1 Å². The van der Waals surface area contributed by atoms with Gasteiger partial charge in [0.2, 0.25) is 0 Å². The van der Waals surface area contributed by atoms with Gasteiger partial charge in [0, 0.05) is 24.5 Å². The van der Waals surface area contributed by atoms with Crippen LogP contribution >= 0.6 is 34.5 Å². The van der Waals surface area contributed by atoms with E-state index >= 15 is 0 Å². The predicted molar refractivity (Wildman–Crippen MR) is 124 cm³/mol. The number of pyridine rings is 1. The Morgan fingerprint density at radius 3 is 2.69 bits per heavy atom. The number of aromatic nitrogens is 2. The Kier molecular flexibility index (Phi) is 6.22. The zero-order chi connectivity index (χ0) is 22.8. The first-order valence-electron chi connectivity index (χ1n) is 9.16. The first-order chi connectivity index (χ1) is 15.4. The van der Waals surface area contributed by atoms with Crippen LogP contribution in [0.1, 0.15) is 15.9 Å². The lowest BCUT2D eigenvalue weighted by Crippen LogP contribution is -2.30. The largest absolute Gasteiger partial charge is 0.494 e. The van der Waals surface area contributed by atoms with Crippen LogP contribution in [-0.2, 0) is 6.54 Å². The van der Waals surface area contributed by atoms with Crippen LogP contribution in [0.4, 0.5) is 10.8 Å². The Labute approximate surface area is 196 Å². The molecule has 4 rings (SSSR count). The highest BCUT2D eigenvalue weighted by Gasteiger charge is 2.26. The van der Waals surface area contributed by atoms with Crippen molar-refractivity contribution in [2.45, 2.75) is 6.54 Å². The molecule has 0 aliphatic rings. The summed E-state index contributed by atoms with van der Waals surface area (Å²) in [5, 5.41) is 12.1. The number of hydrogen-bond acceptors (Lipinski definition) is 7. The monoisotopic (exact) mass is 488 g/mol. The number of nitro benzene ring substituents is 1. The number of hydrogen-bond donors (Lipinski definition) is 0. The van der Waals surface area contributed by atoms with Gasteiger partial charge >= 0.3 is 0 Å². The molecular weight excluding hydrogens is 475 g/mol. The summed E-state index contributed by atoms with van der Waals surface area (Å²) >= 11 is 13.8. The lowest BCUT2D eigenvalue weighted by atomic mass is 10.1. The second kappa shape index (κ2) is 9.07. The fraction of sp³-hybridized carbons (Fsp3) is 0.0952. The van der Waals surface area contributed by atoms with Crippen molar-refractivity contribution in [2.75, 3.05) is 12.0 Å². The molecule has 2 aromatic heterocycles. The zero-order valence-electron chi connectivity index (χ0n) is 16.5. The fourth-order valence-electron chi connectivity index (χ4n) is 3.06. The molecule has 162 valence electrons. The minimum Gasteiger partial charge on any atom is -0.494 e. The maximum atomic E-state index is 13.6. The first kappa shape index (κ1) is 21.9. The van der Waals surface area contributed by atoms with E-state index in [1.54, 1.807) is 30.6 Å². The van der Waals surface area contributed by atoms with Crippen molar-refractivity contribution in [1.82, 2.24) is 9.97 Å². The fourth-order valence-corrected chi connectivity index (χ4v) is 4.51. The zero-order valence-corrected chi connectivity index (χ0v) is 18.8. The topological polar surface area (TPSA) is 98.5 Å². The van der Waals surface area contributed by atoms with Crippen LogP contribution in [0.15, 0.2) is 54.9 Å². The number of nitrogens with zero attached hydrogens (tertiary/aromatic N) is 4. The number of thiazole rings is 1. The summed E-state index contributed by atoms with van der Waals surface area (Å²) in [6.07, 6.45) is 3.24. The van der Waals surface area contributed by atoms with Crippen molar-refractivity contribution in [2.24, 2.45) is 0 Å². The second-order valence-corrected chi connectivity index (χ2v) is 8.39. The molecular formula is C21H14Cl2N4O4S. The minimum atomic E-state index is -0.582. The maximum absolute atomic E-state index is 13.6. The average molecular weight is 489 g/mol. The van der Waals surface area contributed by atoms with Gasteiger partial charge in [0.05, 0.1) is 38.9 Å². The molecule has 2 heterocycles. The molecule has 8 nitrogen and oxygen atoms in total. The Hall–Kier alpha value is -3.27. The molecule has 11 heteroatoms. The molecule has 0 radical (unpaired) electrons. The number of carbonyl (C=O) groups is 1. The molecule has 4 aromatic rings. The summed E-state index contributed by atoms with van der Waals surface area (Å²) in [6, 6.07) is 10.7. The quantitative estimate of drug-likeness (QED) is 0.252. The van der Waals surface area contributed by atoms with Gasteiger partial charge in [-0.3, -0.25) is 24.8 Å². The summed E-state index contributed by atoms with van der Waals surface area (Å²) in [7, 11) is 1.52. The highest BCUT2D eigenvalue weighted by atomic mass is 35.5. The van der Waals surface area contributed by atoms with Crippen LogP contribution in [0, 0.1) is 10.1 Å². The molecule has 1 amide bonds. The molecule has 0 fully saturated rings. The van der Waals surface area contributed by atoms with Gasteiger partial charge in [-0.1, -0.05) is 40.6 Å². The SMILES string of the molecule is COc1ccc(Cl)c2sc(N(Cc3cccnc3)C(=O)c3cc([N+](=O)[O-])ccc3Cl)nc12. The number of rotatable bonds is 6. The van der Waals surface area contributed by atoms with Crippen molar-refractivity contribution >= 4 is 61.5 Å². The minimum absolute atomic E-state index is 0.0120. The van der Waals surface area contributed by atoms with Gasteiger partial charge < -0.3 is 4.74 Å². The lowest BCUT2D eigenvalue weighted by Gasteiger charge is -2.20. The molecule has 0 bridgehead atoms. The number of fused-ring (bicyclic) bond motifs is 1. The van der Waals surface area contributed by atoms with E-state index in [1.807, 2.05) is 6.07 Å². The van der Waals surface area contributed by atoms with E-state index in [2.05, 4.69) is 9.97 Å². The number of carbonyl (C=O) groups excluding carboxylic acids is 1. The van der Waals surface area contributed by atoms with E-state index in [-0.39, 0.29) is 22.8 Å². The number of nitro groups is 1. The van der Waals surface area contributed by atoms with Crippen molar-refractivity contribution in [1.29, 1.82) is 0 Å². The molecule has 2 aromatic carbocycles. The number of halogens is 2. The van der Waals surface area contributed by atoms with Crippen LogP contribution in [0.2, 0.25) is 10.0 Å². The third kappa shape index (κ3) is 4.22. The maximum Gasteiger partial charge on any atom is 0.270 e. The normalized spacial score (nSPS) is 10.8. The van der Waals surface area contributed by atoms with Crippen LogP contribution in [0.25, 0.3) is 10.2 Å². The molecule has 0 spiro atoms. The summed E-state index contributed by atoms with van der Waals surface area (Å²) in [5.74, 6) is -0.0363. The molecule has 0 unspecified atom stereocenters. The number of methoxy groups -OCH3 is 1. The van der Waals surface area contributed by atoms with Gasteiger partial charge in [-0.15, -0.1) is 0 Å². The first-order valence-corrected chi connectivity index (χ1v) is 10.7. The third-order valence-corrected chi connectivity index (χ3v) is 6.47. The molecule has 0 aliphatic carbocycles. The molecule has 32 heavy (non-hydrogen) atoms. The molecule has 0 aliphatic heterocycles. The van der Waals surface area contributed by atoms with Gasteiger partial charge in [0.1, 0.15) is 11.3 Å². The van der Waals surface area contributed by atoms with Crippen LogP contribution in [0.5, 0.6) is 5.75 Å². The summed E-state index contributed by atoms with van der Waals surface area (Å²) < 4.78 is 6.02. The Balaban J connectivity index is 1.86. The van der Waals surface area contributed by atoms with Gasteiger partial charge in [0.15, 0.2) is 5.13 Å². The number of non-ortho nitro benzene ring substituents is 1.